The molecule has 19 heavy (non-hydrogen) atoms. The molecule has 1 aromatic heterocycles. The molecule has 0 atom stereocenters. The summed E-state index contributed by atoms with van der Waals surface area (Å²) in [6.07, 6.45) is 0.934. The Balaban J connectivity index is 1.93. The number of likely N-dealkylation sites (N-methyl/N-ethyl adjacent to an activating group) is 1. The Morgan fingerprint density at radius 3 is 2.58 bits per heavy atom. The van der Waals surface area contributed by atoms with Gasteiger partial charge in [0.1, 0.15) is 0 Å². The Bertz CT molecular complexity index is 506. The Hall–Kier alpha value is -1.01. The van der Waals surface area contributed by atoms with Crippen LogP contribution in [0.15, 0.2) is 16.7 Å². The van der Waals surface area contributed by atoms with Crippen molar-refractivity contribution in [2.24, 2.45) is 0 Å². The first-order valence-electron chi connectivity index (χ1n) is 6.59. The van der Waals surface area contributed by atoms with E-state index in [1.54, 1.807) is 0 Å². The number of hydrogen-bond acceptors (Lipinski definition) is 2. The third-order valence-electron chi connectivity index (χ3n) is 4.66. The normalized spacial score (nSPS) is 22.5. The maximum absolute atomic E-state index is 11.1. The largest absolute Gasteiger partial charge is 0.465 e. The highest BCUT2D eigenvalue weighted by Gasteiger charge is 2.44. The van der Waals surface area contributed by atoms with Gasteiger partial charge in [-0.1, -0.05) is 0 Å². The van der Waals surface area contributed by atoms with E-state index in [1.807, 2.05) is 0 Å². The first kappa shape index (κ1) is 13.0. The summed E-state index contributed by atoms with van der Waals surface area (Å²) in [5.74, 6) is 0. The zero-order valence-electron chi connectivity index (χ0n) is 11.0. The summed E-state index contributed by atoms with van der Waals surface area (Å²) in [5.41, 5.74) is 1.31. The van der Waals surface area contributed by atoms with Crippen LogP contribution in [0.3, 0.4) is 0 Å². The molecule has 3 rings (SSSR count). The van der Waals surface area contributed by atoms with E-state index in [2.05, 4.69) is 44.6 Å². The fraction of sp³-hybridized carbons (Fsp3) is 0.615. The van der Waals surface area contributed by atoms with Gasteiger partial charge in [0.2, 0.25) is 0 Å². The predicted octanol–water partition coefficient (Wildman–Crippen LogP) is 2.17. The molecule has 1 amide bonds. The zero-order chi connectivity index (χ0) is 13.6. The van der Waals surface area contributed by atoms with Gasteiger partial charge in [0.15, 0.2) is 0 Å². The molecule has 104 valence electrons. The summed E-state index contributed by atoms with van der Waals surface area (Å²) >= 11 is 3.60. The molecule has 3 heterocycles. The second-order valence-corrected chi connectivity index (χ2v) is 6.23. The molecular formula is C13H18BrN3O2. The lowest BCUT2D eigenvalue weighted by Crippen LogP contribution is -2.56. The van der Waals surface area contributed by atoms with Crippen LogP contribution >= 0.6 is 15.9 Å². The second kappa shape index (κ2) is 4.52. The molecule has 6 heteroatoms. The fourth-order valence-corrected chi connectivity index (χ4v) is 3.94. The smallest absolute Gasteiger partial charge is 0.407 e. The van der Waals surface area contributed by atoms with Crippen LogP contribution in [0.25, 0.3) is 0 Å². The fourth-order valence-electron chi connectivity index (χ4n) is 3.44. The lowest BCUT2D eigenvalue weighted by Gasteiger charge is -2.50. The molecule has 2 aliphatic rings. The molecule has 0 aromatic carbocycles. The van der Waals surface area contributed by atoms with Crippen LogP contribution in [0.2, 0.25) is 0 Å². The van der Waals surface area contributed by atoms with E-state index in [1.165, 1.54) is 10.6 Å². The highest BCUT2D eigenvalue weighted by Crippen LogP contribution is 2.42. The molecule has 2 aliphatic heterocycles. The lowest BCUT2D eigenvalue weighted by atomic mass is 9.81. The van der Waals surface area contributed by atoms with Crippen molar-refractivity contribution in [3.63, 3.8) is 0 Å². The molecule has 1 saturated heterocycles. The number of fused-ring (bicyclic) bond motifs is 2. The van der Waals surface area contributed by atoms with Crippen molar-refractivity contribution >= 4 is 22.0 Å². The van der Waals surface area contributed by atoms with Crippen molar-refractivity contribution in [1.29, 1.82) is 0 Å². The van der Waals surface area contributed by atoms with Crippen molar-refractivity contribution in [3.05, 3.63) is 22.4 Å². The van der Waals surface area contributed by atoms with Crippen LogP contribution in [0.1, 0.15) is 18.5 Å². The van der Waals surface area contributed by atoms with Gasteiger partial charge in [-0.2, -0.15) is 0 Å². The summed E-state index contributed by atoms with van der Waals surface area (Å²) in [4.78, 5) is 15.0. The third-order valence-corrected chi connectivity index (χ3v) is 5.35. The predicted molar refractivity (Wildman–Crippen MR) is 75.3 cm³/mol. The maximum atomic E-state index is 11.1. The summed E-state index contributed by atoms with van der Waals surface area (Å²) < 4.78 is 3.44. The molecule has 0 aliphatic carbocycles. The molecule has 0 radical (unpaired) electrons. The number of aromatic nitrogens is 1. The van der Waals surface area contributed by atoms with E-state index >= 15 is 0 Å². The van der Waals surface area contributed by atoms with E-state index in [9.17, 15) is 4.79 Å². The number of hydrogen-bond donors (Lipinski definition) is 1. The van der Waals surface area contributed by atoms with Gasteiger partial charge in [0.25, 0.3) is 0 Å². The van der Waals surface area contributed by atoms with Crippen LogP contribution in [0.5, 0.6) is 0 Å². The number of carbonyl (C=O) groups is 1. The molecule has 1 fully saturated rings. The number of halogens is 1. The minimum absolute atomic E-state index is 0.00375. The summed E-state index contributed by atoms with van der Waals surface area (Å²) in [6.45, 7) is 3.22. The van der Waals surface area contributed by atoms with E-state index in [0.717, 1.165) is 30.5 Å². The van der Waals surface area contributed by atoms with E-state index < -0.39 is 6.09 Å². The molecule has 0 bridgehead atoms. The number of nitrogens with zero attached hydrogens (tertiary/aromatic N) is 3. The van der Waals surface area contributed by atoms with Gasteiger partial charge in [-0.3, -0.25) is 4.90 Å². The van der Waals surface area contributed by atoms with Crippen LogP contribution in [-0.4, -0.2) is 52.2 Å². The molecule has 5 nitrogen and oxygen atoms in total. The van der Waals surface area contributed by atoms with Gasteiger partial charge < -0.3 is 14.6 Å². The third kappa shape index (κ3) is 1.89. The van der Waals surface area contributed by atoms with Crippen molar-refractivity contribution in [2.45, 2.75) is 24.9 Å². The van der Waals surface area contributed by atoms with Crippen LogP contribution < -0.4 is 0 Å². The SMILES string of the molecule is CN1CCn2c(Br)ccc2C12CCN(C(=O)O)CC2. The second-order valence-electron chi connectivity index (χ2n) is 5.42. The standard InChI is InChI=1S/C13H18BrN3O2/c1-15-8-9-17-10(2-3-11(17)14)13(15)4-6-16(7-5-13)12(18)19/h2-3H,4-9H2,1H3,(H,18,19). The quantitative estimate of drug-likeness (QED) is 0.794. The minimum atomic E-state index is -0.801. The summed E-state index contributed by atoms with van der Waals surface area (Å²) in [7, 11) is 2.15. The van der Waals surface area contributed by atoms with Gasteiger partial charge in [0, 0.05) is 31.9 Å². The molecule has 0 unspecified atom stereocenters. The average molecular weight is 328 g/mol. The monoisotopic (exact) mass is 327 g/mol. The summed E-state index contributed by atoms with van der Waals surface area (Å²) in [5, 5.41) is 9.09. The number of amides is 1. The topological polar surface area (TPSA) is 48.7 Å². The van der Waals surface area contributed by atoms with Crippen molar-refractivity contribution < 1.29 is 9.90 Å². The highest BCUT2D eigenvalue weighted by atomic mass is 79.9. The molecular weight excluding hydrogens is 310 g/mol. The number of likely N-dealkylation sites (tertiary alicyclic amines) is 1. The van der Waals surface area contributed by atoms with Gasteiger partial charge in [-0.15, -0.1) is 0 Å². The number of carboxylic acid groups (broad SMARTS) is 1. The molecule has 0 saturated carbocycles. The number of rotatable bonds is 0. The van der Waals surface area contributed by atoms with Crippen LogP contribution in [0, 0.1) is 0 Å². The van der Waals surface area contributed by atoms with Crippen molar-refractivity contribution in [1.82, 2.24) is 14.4 Å². The maximum Gasteiger partial charge on any atom is 0.407 e. The highest BCUT2D eigenvalue weighted by molar-refractivity contribution is 9.10. The van der Waals surface area contributed by atoms with Crippen LogP contribution in [-0.2, 0) is 12.1 Å². The lowest BCUT2D eigenvalue weighted by molar-refractivity contribution is 0.0152. The van der Waals surface area contributed by atoms with Gasteiger partial charge in [-0.25, -0.2) is 4.79 Å². The first-order valence-corrected chi connectivity index (χ1v) is 7.38. The minimum Gasteiger partial charge on any atom is -0.465 e. The van der Waals surface area contributed by atoms with E-state index in [-0.39, 0.29) is 5.54 Å². The first-order chi connectivity index (χ1) is 9.04. The summed E-state index contributed by atoms with van der Waals surface area (Å²) in [6, 6.07) is 4.27. The van der Waals surface area contributed by atoms with Crippen molar-refractivity contribution in [2.75, 3.05) is 26.7 Å². The van der Waals surface area contributed by atoms with Crippen molar-refractivity contribution in [3.8, 4) is 0 Å². The molecule has 1 spiro atoms. The average Bonchev–Trinajstić information content (AvgIpc) is 2.77. The Kier molecular flexibility index (Phi) is 3.09. The van der Waals surface area contributed by atoms with Gasteiger partial charge in [-0.05, 0) is 48.0 Å². The Morgan fingerprint density at radius 2 is 1.95 bits per heavy atom. The zero-order valence-corrected chi connectivity index (χ0v) is 12.6. The molecule has 1 aromatic rings. The van der Waals surface area contributed by atoms with E-state index in [4.69, 9.17) is 5.11 Å². The number of piperidine rings is 1. The van der Waals surface area contributed by atoms with Crippen LogP contribution in [0.4, 0.5) is 4.79 Å². The molecule has 1 N–H and O–H groups in total. The van der Waals surface area contributed by atoms with Gasteiger partial charge in [0.05, 0.1) is 10.1 Å². The van der Waals surface area contributed by atoms with Gasteiger partial charge >= 0.3 is 6.09 Å². The van der Waals surface area contributed by atoms with E-state index in [0.29, 0.717) is 13.1 Å². The Labute approximate surface area is 120 Å². The Morgan fingerprint density at radius 1 is 1.26 bits per heavy atom.